The van der Waals surface area contributed by atoms with Gasteiger partial charge in [0.25, 0.3) is 0 Å². The SMILES string of the molecule is Cl.Cl.NC(Cc1ccc(F)cc1)C(=O)N1CCN(c2cccc(Cl)c2)CC1. The quantitative estimate of drug-likeness (QED) is 0.801. The number of nitrogens with two attached hydrogens (primary N) is 1. The molecule has 1 aliphatic heterocycles. The highest BCUT2D eigenvalue weighted by Gasteiger charge is 2.25. The van der Waals surface area contributed by atoms with E-state index in [1.165, 1.54) is 12.1 Å². The second-order valence-corrected chi connectivity index (χ2v) is 6.67. The standard InChI is InChI=1S/C19H21ClFN3O.2ClH/c20-15-2-1-3-17(13-15)23-8-10-24(11-9-23)19(25)18(22)12-14-4-6-16(21)7-5-14;;/h1-7,13,18H,8-12,22H2;2*1H. The van der Waals surface area contributed by atoms with Gasteiger partial charge < -0.3 is 15.5 Å². The highest BCUT2D eigenvalue weighted by molar-refractivity contribution is 6.30. The minimum absolute atomic E-state index is 0. The number of hydrogen-bond acceptors (Lipinski definition) is 3. The number of halogens is 4. The van der Waals surface area contributed by atoms with Crippen molar-refractivity contribution < 1.29 is 9.18 Å². The van der Waals surface area contributed by atoms with Crippen molar-refractivity contribution in [1.82, 2.24) is 4.90 Å². The summed E-state index contributed by atoms with van der Waals surface area (Å²) in [5, 5.41) is 0.706. The molecule has 0 saturated carbocycles. The zero-order chi connectivity index (χ0) is 17.8. The molecule has 1 amide bonds. The monoisotopic (exact) mass is 433 g/mol. The van der Waals surface area contributed by atoms with Crippen LogP contribution in [0.2, 0.25) is 5.02 Å². The van der Waals surface area contributed by atoms with E-state index in [1.54, 1.807) is 17.0 Å². The van der Waals surface area contributed by atoms with Crippen LogP contribution in [-0.2, 0) is 11.2 Å². The van der Waals surface area contributed by atoms with Crippen LogP contribution < -0.4 is 10.6 Å². The van der Waals surface area contributed by atoms with E-state index in [1.807, 2.05) is 24.3 Å². The Hall–Kier alpha value is -1.53. The van der Waals surface area contributed by atoms with Crippen molar-refractivity contribution in [1.29, 1.82) is 0 Å². The number of carbonyl (C=O) groups is 1. The lowest BCUT2D eigenvalue weighted by Crippen LogP contribution is -2.53. The molecular formula is C19H23Cl3FN3O. The lowest BCUT2D eigenvalue weighted by molar-refractivity contribution is -0.132. The van der Waals surface area contributed by atoms with Crippen LogP contribution >= 0.6 is 36.4 Å². The zero-order valence-corrected chi connectivity index (χ0v) is 17.1. The third-order valence-electron chi connectivity index (χ3n) is 4.45. The minimum atomic E-state index is -0.608. The van der Waals surface area contributed by atoms with Crippen LogP contribution in [0.25, 0.3) is 0 Å². The van der Waals surface area contributed by atoms with Gasteiger partial charge in [-0.3, -0.25) is 4.79 Å². The smallest absolute Gasteiger partial charge is 0.239 e. The average Bonchev–Trinajstić information content (AvgIpc) is 2.63. The van der Waals surface area contributed by atoms with Gasteiger partial charge in [-0.2, -0.15) is 0 Å². The molecule has 1 heterocycles. The molecule has 1 unspecified atom stereocenters. The predicted octanol–water partition coefficient (Wildman–Crippen LogP) is 3.54. The number of rotatable bonds is 4. The van der Waals surface area contributed by atoms with Gasteiger partial charge in [0.2, 0.25) is 5.91 Å². The van der Waals surface area contributed by atoms with Crippen molar-refractivity contribution in [3.63, 3.8) is 0 Å². The Balaban J connectivity index is 0.00000182. The highest BCUT2D eigenvalue weighted by atomic mass is 35.5. The van der Waals surface area contributed by atoms with Gasteiger partial charge in [-0.15, -0.1) is 24.8 Å². The maximum Gasteiger partial charge on any atom is 0.239 e. The van der Waals surface area contributed by atoms with Crippen LogP contribution in [0.5, 0.6) is 0 Å². The van der Waals surface area contributed by atoms with E-state index in [4.69, 9.17) is 17.3 Å². The molecular weight excluding hydrogens is 412 g/mol. The van der Waals surface area contributed by atoms with Crippen LogP contribution in [0.4, 0.5) is 10.1 Å². The first-order valence-electron chi connectivity index (χ1n) is 8.32. The van der Waals surface area contributed by atoms with Gasteiger partial charge >= 0.3 is 0 Å². The van der Waals surface area contributed by atoms with E-state index in [-0.39, 0.29) is 36.5 Å². The summed E-state index contributed by atoms with van der Waals surface area (Å²) in [7, 11) is 0. The largest absolute Gasteiger partial charge is 0.368 e. The first-order chi connectivity index (χ1) is 12.0. The molecule has 0 bridgehead atoms. The van der Waals surface area contributed by atoms with E-state index in [9.17, 15) is 9.18 Å². The Morgan fingerprint density at radius 2 is 1.70 bits per heavy atom. The lowest BCUT2D eigenvalue weighted by Gasteiger charge is -2.37. The predicted molar refractivity (Wildman–Crippen MR) is 113 cm³/mol. The number of amides is 1. The molecule has 148 valence electrons. The maximum atomic E-state index is 13.0. The second-order valence-electron chi connectivity index (χ2n) is 6.23. The van der Waals surface area contributed by atoms with Gasteiger partial charge in [0, 0.05) is 36.9 Å². The third kappa shape index (κ3) is 6.25. The van der Waals surface area contributed by atoms with Gasteiger partial charge in [0.15, 0.2) is 0 Å². The summed E-state index contributed by atoms with van der Waals surface area (Å²) in [6.45, 7) is 2.75. The van der Waals surface area contributed by atoms with Gasteiger partial charge in [-0.05, 0) is 42.3 Å². The first kappa shape index (κ1) is 23.5. The maximum absolute atomic E-state index is 13.0. The molecule has 2 N–H and O–H groups in total. The molecule has 27 heavy (non-hydrogen) atoms. The number of piperazine rings is 1. The molecule has 1 saturated heterocycles. The van der Waals surface area contributed by atoms with Crippen LogP contribution in [0.1, 0.15) is 5.56 Å². The van der Waals surface area contributed by atoms with Gasteiger partial charge in [-0.25, -0.2) is 4.39 Å². The number of benzene rings is 2. The van der Waals surface area contributed by atoms with Crippen molar-refractivity contribution in [2.75, 3.05) is 31.1 Å². The van der Waals surface area contributed by atoms with Crippen molar-refractivity contribution >= 4 is 48.0 Å². The fraction of sp³-hybridized carbons (Fsp3) is 0.316. The summed E-state index contributed by atoms with van der Waals surface area (Å²) >= 11 is 6.04. The summed E-state index contributed by atoms with van der Waals surface area (Å²) in [5.74, 6) is -0.351. The van der Waals surface area contributed by atoms with Crippen molar-refractivity contribution in [3.8, 4) is 0 Å². The third-order valence-corrected chi connectivity index (χ3v) is 4.69. The number of anilines is 1. The molecule has 0 spiro atoms. The molecule has 1 atom stereocenters. The molecule has 2 aromatic rings. The summed E-state index contributed by atoms with van der Waals surface area (Å²) in [6, 6.07) is 13.2. The molecule has 8 heteroatoms. The Morgan fingerprint density at radius 1 is 1.07 bits per heavy atom. The summed E-state index contributed by atoms with van der Waals surface area (Å²) in [4.78, 5) is 16.6. The first-order valence-corrected chi connectivity index (χ1v) is 8.70. The van der Waals surface area contributed by atoms with Crippen molar-refractivity contribution in [3.05, 3.63) is 64.9 Å². The fourth-order valence-corrected chi connectivity index (χ4v) is 3.24. The summed E-state index contributed by atoms with van der Waals surface area (Å²) < 4.78 is 13.0. The van der Waals surface area contributed by atoms with E-state index in [2.05, 4.69) is 4.90 Å². The number of carbonyl (C=O) groups excluding carboxylic acids is 1. The van der Waals surface area contributed by atoms with Crippen LogP contribution in [-0.4, -0.2) is 43.0 Å². The normalized spacial score (nSPS) is 14.8. The molecule has 1 aliphatic rings. The molecule has 2 aromatic carbocycles. The lowest BCUT2D eigenvalue weighted by atomic mass is 10.1. The topological polar surface area (TPSA) is 49.6 Å². The summed E-state index contributed by atoms with van der Waals surface area (Å²) in [6.07, 6.45) is 0.410. The van der Waals surface area contributed by atoms with Gasteiger partial charge in [-0.1, -0.05) is 29.8 Å². The highest BCUT2D eigenvalue weighted by Crippen LogP contribution is 2.21. The molecule has 0 aromatic heterocycles. The molecule has 1 fully saturated rings. The fourth-order valence-electron chi connectivity index (χ4n) is 3.05. The van der Waals surface area contributed by atoms with Crippen LogP contribution in [0.15, 0.2) is 48.5 Å². The number of hydrogen-bond donors (Lipinski definition) is 1. The molecule has 0 radical (unpaired) electrons. The van der Waals surface area contributed by atoms with Crippen molar-refractivity contribution in [2.24, 2.45) is 5.73 Å². The van der Waals surface area contributed by atoms with Gasteiger partial charge in [0.1, 0.15) is 5.82 Å². The average molecular weight is 435 g/mol. The van der Waals surface area contributed by atoms with Crippen molar-refractivity contribution in [2.45, 2.75) is 12.5 Å². The van der Waals surface area contributed by atoms with Crippen LogP contribution in [0.3, 0.4) is 0 Å². The Kier molecular flexibility index (Phi) is 9.33. The van der Waals surface area contributed by atoms with E-state index < -0.39 is 6.04 Å². The Labute approximate surface area is 176 Å². The Morgan fingerprint density at radius 3 is 2.30 bits per heavy atom. The Bertz CT molecular complexity index is 737. The summed E-state index contributed by atoms with van der Waals surface area (Å²) in [5.41, 5.74) is 7.99. The molecule has 3 rings (SSSR count). The van der Waals surface area contributed by atoms with E-state index >= 15 is 0 Å². The minimum Gasteiger partial charge on any atom is -0.368 e. The zero-order valence-electron chi connectivity index (χ0n) is 14.7. The van der Waals surface area contributed by atoms with E-state index in [0.717, 1.165) is 24.3 Å². The van der Waals surface area contributed by atoms with E-state index in [0.29, 0.717) is 24.5 Å². The molecule has 0 aliphatic carbocycles. The second kappa shape index (κ2) is 10.7. The van der Waals surface area contributed by atoms with Crippen LogP contribution in [0, 0.1) is 5.82 Å². The van der Waals surface area contributed by atoms with Gasteiger partial charge in [0.05, 0.1) is 6.04 Å². The molecule has 4 nitrogen and oxygen atoms in total. The number of nitrogens with zero attached hydrogens (tertiary/aromatic N) is 2.